The molecular formula is C11H16N2O. The molecule has 0 atom stereocenters. The maximum Gasteiger partial charge on any atom is 0.166 e. The van der Waals surface area contributed by atoms with Crippen LogP contribution < -0.4 is 5.32 Å². The summed E-state index contributed by atoms with van der Waals surface area (Å²) in [4.78, 5) is 16.0. The monoisotopic (exact) mass is 192 g/mol. The number of rotatable bonds is 0. The molecule has 0 amide bonds. The number of Topliss-reactive ketones (excluding diaryl/α,β-unsaturated/α-hetero) is 1. The Morgan fingerprint density at radius 3 is 3.00 bits per heavy atom. The summed E-state index contributed by atoms with van der Waals surface area (Å²) in [7, 11) is 0. The Kier molecular flexibility index (Phi) is 2.17. The predicted molar refractivity (Wildman–Crippen MR) is 56.4 cm³/mol. The second kappa shape index (κ2) is 3.23. The van der Waals surface area contributed by atoms with Crippen molar-refractivity contribution in [1.82, 2.24) is 5.32 Å². The lowest BCUT2D eigenvalue weighted by Crippen LogP contribution is -2.31. The van der Waals surface area contributed by atoms with E-state index in [-0.39, 0.29) is 11.2 Å². The topological polar surface area (TPSA) is 41.5 Å². The van der Waals surface area contributed by atoms with Crippen molar-refractivity contribution in [3.05, 3.63) is 11.3 Å². The van der Waals surface area contributed by atoms with Crippen molar-refractivity contribution < 1.29 is 4.79 Å². The van der Waals surface area contributed by atoms with Crippen molar-refractivity contribution in [3.8, 4) is 0 Å². The molecule has 0 spiro atoms. The van der Waals surface area contributed by atoms with Crippen molar-refractivity contribution in [3.63, 3.8) is 0 Å². The number of aliphatic imine (C=N–C) groups is 1. The molecule has 0 saturated heterocycles. The van der Waals surface area contributed by atoms with Gasteiger partial charge in [0.1, 0.15) is 0 Å². The van der Waals surface area contributed by atoms with Crippen molar-refractivity contribution in [2.24, 2.45) is 10.4 Å². The van der Waals surface area contributed by atoms with Crippen LogP contribution in [0.25, 0.3) is 0 Å². The van der Waals surface area contributed by atoms with E-state index in [4.69, 9.17) is 0 Å². The van der Waals surface area contributed by atoms with E-state index < -0.39 is 0 Å². The molecule has 3 nitrogen and oxygen atoms in total. The molecule has 2 rings (SSSR count). The van der Waals surface area contributed by atoms with E-state index in [2.05, 4.69) is 24.2 Å². The van der Waals surface area contributed by atoms with Gasteiger partial charge in [0.2, 0.25) is 0 Å². The van der Waals surface area contributed by atoms with E-state index in [1.807, 2.05) is 0 Å². The summed E-state index contributed by atoms with van der Waals surface area (Å²) in [5, 5.41) is 3.30. The summed E-state index contributed by atoms with van der Waals surface area (Å²) in [6, 6.07) is 0. The van der Waals surface area contributed by atoms with Crippen LogP contribution in [0.15, 0.2) is 16.3 Å². The molecule has 0 aromatic carbocycles. The third kappa shape index (κ3) is 1.72. The Morgan fingerprint density at radius 2 is 2.21 bits per heavy atom. The number of carbonyl (C=O) groups excluding carboxylic acids is 1. The first-order valence-electron chi connectivity index (χ1n) is 5.08. The van der Waals surface area contributed by atoms with Gasteiger partial charge < -0.3 is 5.32 Å². The molecule has 0 radical (unpaired) electrons. The van der Waals surface area contributed by atoms with Crippen molar-refractivity contribution in [1.29, 1.82) is 0 Å². The van der Waals surface area contributed by atoms with E-state index in [0.29, 0.717) is 6.42 Å². The highest BCUT2D eigenvalue weighted by atomic mass is 16.1. The number of allylic oxidation sites excluding steroid dienone is 2. The van der Waals surface area contributed by atoms with Crippen molar-refractivity contribution in [2.45, 2.75) is 26.7 Å². The van der Waals surface area contributed by atoms with Crippen LogP contribution in [0, 0.1) is 5.41 Å². The van der Waals surface area contributed by atoms with Crippen LogP contribution in [0.5, 0.6) is 0 Å². The van der Waals surface area contributed by atoms with Gasteiger partial charge in [0.15, 0.2) is 5.78 Å². The molecule has 2 aliphatic rings. The van der Waals surface area contributed by atoms with Gasteiger partial charge in [0, 0.05) is 24.9 Å². The highest BCUT2D eigenvalue weighted by Crippen LogP contribution is 2.35. The van der Waals surface area contributed by atoms with Crippen LogP contribution in [-0.2, 0) is 4.79 Å². The standard InChI is InChI=1S/C11H16N2O/c1-11(2)5-9-8(10(14)6-11)7-12-3-4-13-9/h7,13H,3-6H2,1-2H3. The summed E-state index contributed by atoms with van der Waals surface area (Å²) >= 11 is 0. The first-order valence-corrected chi connectivity index (χ1v) is 5.08. The fourth-order valence-electron chi connectivity index (χ4n) is 2.07. The smallest absolute Gasteiger partial charge is 0.166 e. The zero-order chi connectivity index (χ0) is 10.2. The summed E-state index contributed by atoms with van der Waals surface area (Å²) in [6.07, 6.45) is 3.34. The van der Waals surface area contributed by atoms with Crippen molar-refractivity contribution >= 4 is 12.0 Å². The minimum absolute atomic E-state index is 0.0983. The largest absolute Gasteiger partial charge is 0.386 e. The molecule has 0 unspecified atom stereocenters. The van der Waals surface area contributed by atoms with E-state index in [1.165, 1.54) is 0 Å². The summed E-state index contributed by atoms with van der Waals surface area (Å²) in [6.45, 7) is 5.89. The number of ketones is 1. The lowest BCUT2D eigenvalue weighted by Gasteiger charge is -2.30. The molecule has 0 saturated carbocycles. The fraction of sp³-hybridized carbons (Fsp3) is 0.636. The second-order valence-corrected chi connectivity index (χ2v) is 4.80. The predicted octanol–water partition coefficient (Wildman–Crippen LogP) is 1.30. The van der Waals surface area contributed by atoms with Crippen LogP contribution in [0.3, 0.4) is 0 Å². The molecule has 1 N–H and O–H groups in total. The number of hydrogen-bond donors (Lipinski definition) is 1. The maximum absolute atomic E-state index is 11.8. The average Bonchev–Trinajstić information content (AvgIpc) is 2.27. The van der Waals surface area contributed by atoms with Crippen LogP contribution in [0.2, 0.25) is 0 Å². The zero-order valence-electron chi connectivity index (χ0n) is 8.76. The number of carbonyl (C=O) groups is 1. The Morgan fingerprint density at radius 1 is 1.43 bits per heavy atom. The normalized spacial score (nSPS) is 25.4. The lowest BCUT2D eigenvalue weighted by atomic mass is 9.76. The van der Waals surface area contributed by atoms with Crippen LogP contribution in [-0.4, -0.2) is 25.1 Å². The SMILES string of the molecule is CC1(C)CC(=O)C2=C(C1)NCCN=C2. The van der Waals surface area contributed by atoms with Gasteiger partial charge in [0.25, 0.3) is 0 Å². The third-order valence-corrected chi connectivity index (χ3v) is 2.72. The summed E-state index contributed by atoms with van der Waals surface area (Å²) in [5.41, 5.74) is 2.00. The number of nitrogens with zero attached hydrogens (tertiary/aromatic N) is 1. The lowest BCUT2D eigenvalue weighted by molar-refractivity contribution is -0.117. The Labute approximate surface area is 84.3 Å². The minimum Gasteiger partial charge on any atom is -0.386 e. The van der Waals surface area contributed by atoms with Gasteiger partial charge >= 0.3 is 0 Å². The van der Waals surface area contributed by atoms with Gasteiger partial charge in [-0.05, 0) is 11.8 Å². The number of hydrogen-bond acceptors (Lipinski definition) is 3. The molecule has 3 heteroatoms. The second-order valence-electron chi connectivity index (χ2n) is 4.80. The molecule has 1 aliphatic carbocycles. The van der Waals surface area contributed by atoms with E-state index in [9.17, 15) is 4.79 Å². The number of nitrogens with one attached hydrogen (secondary N) is 1. The first-order chi connectivity index (χ1) is 6.58. The molecular weight excluding hydrogens is 176 g/mol. The quantitative estimate of drug-likeness (QED) is 0.628. The van der Waals surface area contributed by atoms with Crippen LogP contribution in [0.4, 0.5) is 0 Å². The minimum atomic E-state index is 0.0983. The maximum atomic E-state index is 11.8. The third-order valence-electron chi connectivity index (χ3n) is 2.72. The molecule has 76 valence electrons. The van der Waals surface area contributed by atoms with Crippen LogP contribution >= 0.6 is 0 Å². The fourth-order valence-corrected chi connectivity index (χ4v) is 2.07. The molecule has 1 heterocycles. The first kappa shape index (κ1) is 9.44. The van der Waals surface area contributed by atoms with E-state index in [1.54, 1.807) is 6.21 Å². The molecule has 0 aromatic rings. The van der Waals surface area contributed by atoms with Crippen molar-refractivity contribution in [2.75, 3.05) is 13.1 Å². The van der Waals surface area contributed by atoms with E-state index in [0.717, 1.165) is 30.8 Å². The molecule has 0 bridgehead atoms. The Bertz CT molecular complexity index is 326. The van der Waals surface area contributed by atoms with Gasteiger partial charge in [-0.1, -0.05) is 13.8 Å². The Hall–Kier alpha value is -1.12. The molecule has 0 aromatic heterocycles. The van der Waals surface area contributed by atoms with E-state index >= 15 is 0 Å². The van der Waals surface area contributed by atoms with Gasteiger partial charge in [-0.2, -0.15) is 0 Å². The van der Waals surface area contributed by atoms with Crippen LogP contribution in [0.1, 0.15) is 26.7 Å². The highest BCUT2D eigenvalue weighted by molar-refractivity contribution is 6.14. The molecule has 1 aliphatic heterocycles. The summed E-state index contributed by atoms with van der Waals surface area (Å²) < 4.78 is 0. The molecule has 0 fully saturated rings. The summed E-state index contributed by atoms with van der Waals surface area (Å²) in [5.74, 6) is 0.231. The average molecular weight is 192 g/mol. The highest BCUT2D eigenvalue weighted by Gasteiger charge is 2.32. The van der Waals surface area contributed by atoms with Gasteiger partial charge in [0.05, 0.1) is 12.1 Å². The van der Waals surface area contributed by atoms with Gasteiger partial charge in [-0.15, -0.1) is 0 Å². The molecule has 14 heavy (non-hydrogen) atoms. The van der Waals surface area contributed by atoms with Gasteiger partial charge in [-0.25, -0.2) is 0 Å². The zero-order valence-corrected chi connectivity index (χ0v) is 8.76. The van der Waals surface area contributed by atoms with Gasteiger partial charge in [-0.3, -0.25) is 9.79 Å². The Balaban J connectivity index is 2.35.